The van der Waals surface area contributed by atoms with Crippen LogP contribution in [0.3, 0.4) is 0 Å². The highest BCUT2D eigenvalue weighted by Crippen LogP contribution is 2.19. The van der Waals surface area contributed by atoms with Gasteiger partial charge in [-0.05, 0) is 38.1 Å². The van der Waals surface area contributed by atoms with E-state index in [4.69, 9.17) is 9.26 Å². The van der Waals surface area contributed by atoms with Gasteiger partial charge in [-0.3, -0.25) is 4.79 Å². The van der Waals surface area contributed by atoms with Crippen LogP contribution in [0.15, 0.2) is 33.7 Å². The van der Waals surface area contributed by atoms with Crippen molar-refractivity contribution in [1.29, 1.82) is 0 Å². The monoisotopic (exact) mass is 421 g/mol. The van der Waals surface area contributed by atoms with Gasteiger partial charge in [-0.25, -0.2) is 13.2 Å². The van der Waals surface area contributed by atoms with E-state index in [1.165, 1.54) is 35.5 Å². The number of esters is 1. The van der Waals surface area contributed by atoms with E-state index in [2.05, 4.69) is 5.16 Å². The standard InChI is InChI=1S/C19H23N3O6S/c1-13-18(14(2)28-20-13)12-27-19(24)16-4-6-17(7-5-16)29(25,26)22-10-8-21(9-11-22)15(3)23/h4-7H,8-12H2,1-3H3. The Morgan fingerprint density at radius 3 is 2.24 bits per heavy atom. The Bertz CT molecular complexity index is 986. The number of hydrogen-bond donors (Lipinski definition) is 0. The van der Waals surface area contributed by atoms with Crippen molar-refractivity contribution in [3.8, 4) is 0 Å². The quantitative estimate of drug-likeness (QED) is 0.673. The molecule has 2 aromatic rings. The summed E-state index contributed by atoms with van der Waals surface area (Å²) >= 11 is 0. The highest BCUT2D eigenvalue weighted by molar-refractivity contribution is 7.89. The number of piperazine rings is 1. The molecule has 29 heavy (non-hydrogen) atoms. The van der Waals surface area contributed by atoms with Crippen molar-refractivity contribution in [2.75, 3.05) is 26.2 Å². The summed E-state index contributed by atoms with van der Waals surface area (Å²) in [6.45, 7) is 6.19. The molecule has 0 radical (unpaired) electrons. The first-order valence-corrected chi connectivity index (χ1v) is 10.6. The van der Waals surface area contributed by atoms with Gasteiger partial charge in [-0.1, -0.05) is 5.16 Å². The molecule has 1 saturated heterocycles. The molecule has 0 unspecified atom stereocenters. The molecule has 10 heteroatoms. The number of carbonyl (C=O) groups excluding carboxylic acids is 2. The van der Waals surface area contributed by atoms with E-state index in [0.29, 0.717) is 30.1 Å². The fourth-order valence-electron chi connectivity index (χ4n) is 3.08. The lowest BCUT2D eigenvalue weighted by Crippen LogP contribution is -2.49. The molecule has 1 aromatic heterocycles. The van der Waals surface area contributed by atoms with Gasteiger partial charge in [0.15, 0.2) is 0 Å². The van der Waals surface area contributed by atoms with Gasteiger partial charge in [0.05, 0.1) is 21.7 Å². The lowest BCUT2D eigenvalue weighted by Gasteiger charge is -2.33. The van der Waals surface area contributed by atoms with Crippen molar-refractivity contribution in [3.05, 3.63) is 46.8 Å². The fraction of sp³-hybridized carbons (Fsp3) is 0.421. The number of benzene rings is 1. The first-order chi connectivity index (χ1) is 13.7. The smallest absolute Gasteiger partial charge is 0.338 e. The number of nitrogens with zero attached hydrogens (tertiary/aromatic N) is 3. The molecule has 1 aliphatic heterocycles. The van der Waals surface area contributed by atoms with Crippen LogP contribution in [-0.4, -0.2) is 60.8 Å². The highest BCUT2D eigenvalue weighted by Gasteiger charge is 2.29. The molecule has 1 aliphatic rings. The van der Waals surface area contributed by atoms with Crippen LogP contribution in [0.5, 0.6) is 0 Å². The summed E-state index contributed by atoms with van der Waals surface area (Å²) in [5, 5.41) is 3.80. The second-order valence-corrected chi connectivity index (χ2v) is 8.75. The normalized spacial score (nSPS) is 15.3. The maximum atomic E-state index is 12.8. The summed E-state index contributed by atoms with van der Waals surface area (Å²) in [7, 11) is -3.69. The third-order valence-electron chi connectivity index (χ3n) is 4.94. The molecule has 1 fully saturated rings. The molecular weight excluding hydrogens is 398 g/mol. The number of rotatable bonds is 5. The molecule has 9 nitrogen and oxygen atoms in total. The van der Waals surface area contributed by atoms with Crippen LogP contribution >= 0.6 is 0 Å². The van der Waals surface area contributed by atoms with Crippen LogP contribution in [0.25, 0.3) is 0 Å². The van der Waals surface area contributed by atoms with E-state index in [1.54, 1.807) is 18.7 Å². The van der Waals surface area contributed by atoms with Gasteiger partial charge in [-0.2, -0.15) is 4.31 Å². The van der Waals surface area contributed by atoms with Gasteiger partial charge in [0.2, 0.25) is 15.9 Å². The molecule has 0 spiro atoms. The average Bonchev–Trinajstić information content (AvgIpc) is 3.03. The Hall–Kier alpha value is -2.72. The van der Waals surface area contributed by atoms with Crippen molar-refractivity contribution in [3.63, 3.8) is 0 Å². The number of aromatic nitrogens is 1. The molecule has 0 bridgehead atoms. The second kappa shape index (κ2) is 8.34. The van der Waals surface area contributed by atoms with Crippen LogP contribution in [0, 0.1) is 13.8 Å². The summed E-state index contributed by atoms with van der Waals surface area (Å²) in [5.74, 6) is -0.0489. The minimum absolute atomic E-state index is 0.0283. The van der Waals surface area contributed by atoms with Crippen LogP contribution < -0.4 is 0 Å². The van der Waals surface area contributed by atoms with Gasteiger partial charge in [0, 0.05) is 33.1 Å². The first kappa shape index (κ1) is 21.0. The lowest BCUT2D eigenvalue weighted by atomic mass is 10.2. The number of hydrogen-bond acceptors (Lipinski definition) is 7. The van der Waals surface area contributed by atoms with E-state index >= 15 is 0 Å². The zero-order valence-corrected chi connectivity index (χ0v) is 17.4. The number of amides is 1. The number of ether oxygens (including phenoxy) is 1. The van der Waals surface area contributed by atoms with Gasteiger partial charge < -0.3 is 14.2 Å². The van der Waals surface area contributed by atoms with Crippen molar-refractivity contribution in [2.24, 2.45) is 0 Å². The van der Waals surface area contributed by atoms with E-state index in [0.717, 1.165) is 0 Å². The molecule has 1 amide bonds. The SMILES string of the molecule is CC(=O)N1CCN(S(=O)(=O)c2ccc(C(=O)OCc3c(C)noc3C)cc2)CC1. The zero-order chi connectivity index (χ0) is 21.2. The van der Waals surface area contributed by atoms with Gasteiger partial charge in [0.25, 0.3) is 0 Å². The van der Waals surface area contributed by atoms with Crippen LogP contribution in [0.1, 0.15) is 34.3 Å². The summed E-state index contributed by atoms with van der Waals surface area (Å²) in [4.78, 5) is 25.4. The molecule has 0 atom stereocenters. The minimum atomic E-state index is -3.69. The van der Waals surface area contributed by atoms with Gasteiger partial charge >= 0.3 is 5.97 Å². The lowest BCUT2D eigenvalue weighted by molar-refractivity contribution is -0.129. The third-order valence-corrected chi connectivity index (χ3v) is 6.85. The van der Waals surface area contributed by atoms with E-state index < -0.39 is 16.0 Å². The summed E-state index contributed by atoms with van der Waals surface area (Å²) < 4.78 is 37.2. The number of sulfonamides is 1. The summed E-state index contributed by atoms with van der Waals surface area (Å²) in [6, 6.07) is 5.63. The van der Waals surface area contributed by atoms with E-state index in [-0.39, 0.29) is 36.1 Å². The second-order valence-electron chi connectivity index (χ2n) is 6.81. The van der Waals surface area contributed by atoms with Gasteiger partial charge in [0.1, 0.15) is 12.4 Å². The van der Waals surface area contributed by atoms with Crippen LogP contribution in [0.2, 0.25) is 0 Å². The summed E-state index contributed by atoms with van der Waals surface area (Å²) in [5.41, 5.74) is 1.61. The average molecular weight is 421 g/mol. The molecule has 0 aliphatic carbocycles. The fourth-order valence-corrected chi connectivity index (χ4v) is 4.51. The Balaban J connectivity index is 1.64. The zero-order valence-electron chi connectivity index (χ0n) is 16.5. The molecule has 0 saturated carbocycles. The molecule has 1 aromatic carbocycles. The maximum absolute atomic E-state index is 12.8. The molecule has 2 heterocycles. The molecule has 0 N–H and O–H groups in total. The third kappa shape index (κ3) is 4.48. The predicted molar refractivity (Wildman–Crippen MR) is 103 cm³/mol. The number of aryl methyl sites for hydroxylation is 2. The Kier molecular flexibility index (Phi) is 6.04. The Morgan fingerprint density at radius 2 is 1.72 bits per heavy atom. The summed E-state index contributed by atoms with van der Waals surface area (Å²) in [6.07, 6.45) is 0. The first-order valence-electron chi connectivity index (χ1n) is 9.14. The van der Waals surface area contributed by atoms with Crippen LogP contribution in [0.4, 0.5) is 0 Å². The number of carbonyl (C=O) groups is 2. The van der Waals surface area contributed by atoms with Gasteiger partial charge in [-0.15, -0.1) is 0 Å². The van der Waals surface area contributed by atoms with E-state index in [9.17, 15) is 18.0 Å². The van der Waals surface area contributed by atoms with E-state index in [1.807, 2.05) is 0 Å². The van der Waals surface area contributed by atoms with Crippen LogP contribution in [-0.2, 0) is 26.2 Å². The largest absolute Gasteiger partial charge is 0.457 e. The Morgan fingerprint density at radius 1 is 1.10 bits per heavy atom. The predicted octanol–water partition coefficient (Wildman–Crippen LogP) is 1.50. The van der Waals surface area contributed by atoms with Crippen molar-refractivity contribution >= 4 is 21.9 Å². The van der Waals surface area contributed by atoms with Crippen molar-refractivity contribution in [1.82, 2.24) is 14.4 Å². The van der Waals surface area contributed by atoms with Crippen molar-refractivity contribution < 1.29 is 27.3 Å². The maximum Gasteiger partial charge on any atom is 0.338 e. The topological polar surface area (TPSA) is 110 Å². The highest BCUT2D eigenvalue weighted by atomic mass is 32.2. The molecule has 3 rings (SSSR count). The molecular formula is C19H23N3O6S. The molecule has 156 valence electrons. The minimum Gasteiger partial charge on any atom is -0.457 e. The Labute approximate surface area is 169 Å². The van der Waals surface area contributed by atoms with Crippen molar-refractivity contribution in [2.45, 2.75) is 32.3 Å².